The SMILES string of the molecule is COC(=O)C#CC(C)(C)C(=O)OC. The largest absolute Gasteiger partial charge is 0.468 e. The lowest BCUT2D eigenvalue weighted by Crippen LogP contribution is -2.23. The minimum absolute atomic E-state index is 0.482. The molecule has 0 atom stereocenters. The molecular weight excluding hydrogens is 172 g/mol. The molecule has 0 bridgehead atoms. The predicted molar refractivity (Wildman–Crippen MR) is 45.6 cm³/mol. The van der Waals surface area contributed by atoms with Crippen LogP contribution in [0, 0.1) is 17.3 Å². The van der Waals surface area contributed by atoms with E-state index in [2.05, 4.69) is 21.3 Å². The number of rotatable bonds is 1. The van der Waals surface area contributed by atoms with Crippen LogP contribution in [0.4, 0.5) is 0 Å². The zero-order valence-electron chi connectivity index (χ0n) is 8.13. The Labute approximate surface area is 77.2 Å². The summed E-state index contributed by atoms with van der Waals surface area (Å²) in [6, 6.07) is 0. The highest BCUT2D eigenvalue weighted by Crippen LogP contribution is 2.14. The van der Waals surface area contributed by atoms with Crippen LogP contribution in [0.15, 0.2) is 0 Å². The molecule has 0 aliphatic rings. The van der Waals surface area contributed by atoms with Crippen LogP contribution in [0.5, 0.6) is 0 Å². The maximum atomic E-state index is 11.1. The molecule has 72 valence electrons. The monoisotopic (exact) mass is 184 g/mol. The Kier molecular flexibility index (Phi) is 3.99. The zero-order chi connectivity index (χ0) is 10.5. The molecule has 0 saturated carbocycles. The second-order valence-electron chi connectivity index (χ2n) is 2.86. The highest BCUT2D eigenvalue weighted by atomic mass is 16.5. The van der Waals surface area contributed by atoms with Crippen molar-refractivity contribution in [3.05, 3.63) is 0 Å². The molecule has 0 fully saturated rings. The number of ether oxygens (including phenoxy) is 2. The van der Waals surface area contributed by atoms with Crippen molar-refractivity contribution < 1.29 is 19.1 Å². The number of methoxy groups -OCH3 is 2. The summed E-state index contributed by atoms with van der Waals surface area (Å²) >= 11 is 0. The molecule has 0 aliphatic carbocycles. The summed E-state index contributed by atoms with van der Waals surface area (Å²) in [7, 11) is 2.49. The van der Waals surface area contributed by atoms with E-state index in [1.165, 1.54) is 14.2 Å². The summed E-state index contributed by atoms with van der Waals surface area (Å²) in [6.45, 7) is 3.13. The quantitative estimate of drug-likeness (QED) is 0.335. The number of carbonyl (C=O) groups is 2. The van der Waals surface area contributed by atoms with Gasteiger partial charge in [0.1, 0.15) is 5.41 Å². The van der Waals surface area contributed by atoms with Gasteiger partial charge in [-0.25, -0.2) is 4.79 Å². The van der Waals surface area contributed by atoms with Gasteiger partial charge in [0.2, 0.25) is 0 Å². The maximum absolute atomic E-state index is 11.1. The molecule has 0 aromatic carbocycles. The number of hydrogen-bond acceptors (Lipinski definition) is 4. The van der Waals surface area contributed by atoms with Gasteiger partial charge in [0.05, 0.1) is 14.2 Å². The lowest BCUT2D eigenvalue weighted by atomic mass is 9.95. The normalized spacial score (nSPS) is 9.54. The minimum Gasteiger partial charge on any atom is -0.468 e. The highest BCUT2D eigenvalue weighted by Gasteiger charge is 2.26. The van der Waals surface area contributed by atoms with E-state index in [-0.39, 0.29) is 0 Å². The number of esters is 2. The summed E-state index contributed by atoms with van der Waals surface area (Å²) < 4.78 is 8.78. The summed E-state index contributed by atoms with van der Waals surface area (Å²) in [5.74, 6) is 3.49. The molecule has 0 spiro atoms. The van der Waals surface area contributed by atoms with Gasteiger partial charge in [-0.15, -0.1) is 0 Å². The summed E-state index contributed by atoms with van der Waals surface area (Å²) in [6.07, 6.45) is 0. The average molecular weight is 184 g/mol. The van der Waals surface area contributed by atoms with Crippen molar-refractivity contribution in [3.63, 3.8) is 0 Å². The molecule has 0 aromatic heterocycles. The van der Waals surface area contributed by atoms with Crippen LogP contribution in [0.3, 0.4) is 0 Å². The molecule has 4 heteroatoms. The molecule has 13 heavy (non-hydrogen) atoms. The second kappa shape index (κ2) is 4.51. The number of carbonyl (C=O) groups excluding carboxylic acids is 2. The van der Waals surface area contributed by atoms with E-state index < -0.39 is 17.4 Å². The van der Waals surface area contributed by atoms with E-state index in [0.717, 1.165) is 0 Å². The third-order valence-electron chi connectivity index (χ3n) is 1.36. The lowest BCUT2D eigenvalue weighted by molar-refractivity contribution is -0.147. The molecule has 0 heterocycles. The van der Waals surface area contributed by atoms with Gasteiger partial charge in [-0.05, 0) is 13.8 Å². The van der Waals surface area contributed by atoms with E-state index >= 15 is 0 Å². The Bertz CT molecular complexity index is 267. The van der Waals surface area contributed by atoms with Gasteiger partial charge >= 0.3 is 11.9 Å². The van der Waals surface area contributed by atoms with Crippen molar-refractivity contribution in [1.29, 1.82) is 0 Å². The Hall–Kier alpha value is -1.50. The van der Waals surface area contributed by atoms with Crippen LogP contribution in [-0.4, -0.2) is 26.2 Å². The van der Waals surface area contributed by atoms with Gasteiger partial charge < -0.3 is 9.47 Å². The first-order valence-corrected chi connectivity index (χ1v) is 3.63. The fraction of sp³-hybridized carbons (Fsp3) is 0.556. The van der Waals surface area contributed by atoms with E-state index in [1.807, 2.05) is 0 Å². The van der Waals surface area contributed by atoms with E-state index in [0.29, 0.717) is 0 Å². The first-order chi connectivity index (χ1) is 5.94. The van der Waals surface area contributed by atoms with Gasteiger partial charge in [-0.1, -0.05) is 5.92 Å². The Morgan fingerprint density at radius 3 is 2.08 bits per heavy atom. The molecule has 0 unspecified atom stereocenters. The summed E-state index contributed by atoms with van der Waals surface area (Å²) in [4.78, 5) is 21.7. The van der Waals surface area contributed by atoms with Crippen LogP contribution in [0.25, 0.3) is 0 Å². The molecule has 0 saturated heterocycles. The summed E-state index contributed by atoms with van der Waals surface area (Å²) in [5.41, 5.74) is -0.983. The van der Waals surface area contributed by atoms with Crippen molar-refractivity contribution in [2.75, 3.05) is 14.2 Å². The third kappa shape index (κ3) is 3.61. The third-order valence-corrected chi connectivity index (χ3v) is 1.36. The molecule has 0 amide bonds. The average Bonchev–Trinajstić information content (AvgIpc) is 2.12. The zero-order valence-corrected chi connectivity index (χ0v) is 8.13. The standard InChI is InChI=1S/C9H12O4/c1-9(2,8(11)13-4)6-5-7(10)12-3/h1-4H3. The molecule has 0 aliphatic heterocycles. The predicted octanol–water partition coefficient (Wildman–Crippen LogP) is 0.362. The molecule has 0 N–H and O–H groups in total. The smallest absolute Gasteiger partial charge is 0.384 e. The van der Waals surface area contributed by atoms with Gasteiger partial charge in [0.15, 0.2) is 0 Å². The fourth-order valence-corrected chi connectivity index (χ4v) is 0.564. The van der Waals surface area contributed by atoms with E-state index in [1.54, 1.807) is 13.8 Å². The van der Waals surface area contributed by atoms with Gasteiger partial charge in [-0.2, -0.15) is 0 Å². The van der Waals surface area contributed by atoms with E-state index in [9.17, 15) is 9.59 Å². The molecule has 4 nitrogen and oxygen atoms in total. The Morgan fingerprint density at radius 2 is 1.69 bits per heavy atom. The first kappa shape index (κ1) is 11.5. The fourth-order valence-electron chi connectivity index (χ4n) is 0.564. The molecule has 0 rings (SSSR count). The van der Waals surface area contributed by atoms with Crippen molar-refractivity contribution in [3.8, 4) is 11.8 Å². The van der Waals surface area contributed by atoms with Crippen molar-refractivity contribution in [2.45, 2.75) is 13.8 Å². The first-order valence-electron chi connectivity index (χ1n) is 3.63. The molecule has 0 aromatic rings. The van der Waals surface area contributed by atoms with Crippen LogP contribution in [0.2, 0.25) is 0 Å². The van der Waals surface area contributed by atoms with Gasteiger partial charge in [-0.3, -0.25) is 4.79 Å². The highest BCUT2D eigenvalue weighted by molar-refractivity contribution is 5.90. The van der Waals surface area contributed by atoms with Crippen LogP contribution in [-0.2, 0) is 19.1 Å². The van der Waals surface area contributed by atoms with Crippen LogP contribution < -0.4 is 0 Å². The Morgan fingerprint density at radius 1 is 1.15 bits per heavy atom. The topological polar surface area (TPSA) is 52.6 Å². The maximum Gasteiger partial charge on any atom is 0.384 e. The number of hydrogen-bond donors (Lipinski definition) is 0. The molecule has 0 radical (unpaired) electrons. The summed E-state index contributed by atoms with van der Waals surface area (Å²) in [5, 5.41) is 0. The van der Waals surface area contributed by atoms with Gasteiger partial charge in [0, 0.05) is 5.92 Å². The van der Waals surface area contributed by atoms with Crippen LogP contribution in [0.1, 0.15) is 13.8 Å². The van der Waals surface area contributed by atoms with E-state index in [4.69, 9.17) is 0 Å². The lowest BCUT2D eigenvalue weighted by Gasteiger charge is -2.12. The van der Waals surface area contributed by atoms with Gasteiger partial charge in [0.25, 0.3) is 0 Å². The van der Waals surface area contributed by atoms with Crippen molar-refractivity contribution in [2.24, 2.45) is 5.41 Å². The van der Waals surface area contributed by atoms with Crippen molar-refractivity contribution >= 4 is 11.9 Å². The molecular formula is C9H12O4. The second-order valence-corrected chi connectivity index (χ2v) is 2.86. The Balaban J connectivity index is 4.55. The van der Waals surface area contributed by atoms with Crippen LogP contribution >= 0.6 is 0 Å². The minimum atomic E-state index is -0.983. The van der Waals surface area contributed by atoms with Crippen molar-refractivity contribution in [1.82, 2.24) is 0 Å².